The second kappa shape index (κ2) is 9.01. The highest BCUT2D eigenvalue weighted by Crippen LogP contribution is 2.40. The normalized spacial score (nSPS) is 24.7. The van der Waals surface area contributed by atoms with Gasteiger partial charge in [-0.1, -0.05) is 28.1 Å². The third-order valence-electron chi connectivity index (χ3n) is 5.14. The van der Waals surface area contributed by atoms with Crippen LogP contribution in [0.4, 0.5) is 0 Å². The van der Waals surface area contributed by atoms with Crippen LogP contribution >= 0.6 is 15.9 Å². The largest absolute Gasteiger partial charge is 0.468 e. The zero-order chi connectivity index (χ0) is 20.3. The van der Waals surface area contributed by atoms with Crippen LogP contribution in [0.3, 0.4) is 0 Å². The van der Waals surface area contributed by atoms with Crippen LogP contribution in [-0.2, 0) is 23.8 Å². The van der Waals surface area contributed by atoms with Crippen molar-refractivity contribution >= 4 is 33.6 Å². The summed E-state index contributed by atoms with van der Waals surface area (Å²) in [4.78, 5) is 30.1. The van der Waals surface area contributed by atoms with Gasteiger partial charge in [0.1, 0.15) is 12.5 Å². The third-order valence-corrected chi connectivity index (χ3v) is 5.63. The Morgan fingerprint density at radius 3 is 2.75 bits per heavy atom. The standard InChI is InChI=1S/C21H24BrNO5/c1-12-17(20(24)26-3)19(14-6-4-7-15(22)10-14)18(13(2)23-12)21(25)28-11-16-8-5-9-27-16/h4,6-7,10,16-17,19H,5,8-9,11H2,1-3H3/t16-,17?,19+/m0/s1. The summed E-state index contributed by atoms with van der Waals surface area (Å²) in [5, 5.41) is 0. The number of nitrogens with zero attached hydrogens (tertiary/aromatic N) is 1. The van der Waals surface area contributed by atoms with Crippen LogP contribution in [0.1, 0.15) is 38.2 Å². The first kappa shape index (κ1) is 20.7. The molecule has 1 unspecified atom stereocenters. The molecule has 0 aromatic heterocycles. The summed E-state index contributed by atoms with van der Waals surface area (Å²) in [6.07, 6.45) is 1.78. The van der Waals surface area contributed by atoms with Gasteiger partial charge in [0, 0.05) is 28.4 Å². The molecule has 150 valence electrons. The van der Waals surface area contributed by atoms with Gasteiger partial charge in [0.15, 0.2) is 0 Å². The number of aliphatic imine (C=N–C) groups is 1. The van der Waals surface area contributed by atoms with Gasteiger partial charge < -0.3 is 14.2 Å². The lowest BCUT2D eigenvalue weighted by atomic mass is 9.75. The molecule has 2 aliphatic rings. The van der Waals surface area contributed by atoms with Crippen LogP contribution in [0, 0.1) is 5.92 Å². The molecule has 6 nitrogen and oxygen atoms in total. The van der Waals surface area contributed by atoms with Crippen molar-refractivity contribution in [3.63, 3.8) is 0 Å². The van der Waals surface area contributed by atoms with E-state index < -0.39 is 23.8 Å². The first-order valence-electron chi connectivity index (χ1n) is 9.30. The zero-order valence-corrected chi connectivity index (χ0v) is 17.8. The van der Waals surface area contributed by atoms with Gasteiger partial charge in [-0.25, -0.2) is 4.79 Å². The Morgan fingerprint density at radius 1 is 1.32 bits per heavy atom. The first-order valence-corrected chi connectivity index (χ1v) is 10.1. The number of hydrogen-bond acceptors (Lipinski definition) is 6. The predicted molar refractivity (Wildman–Crippen MR) is 108 cm³/mol. The highest BCUT2D eigenvalue weighted by Gasteiger charge is 2.42. The van der Waals surface area contributed by atoms with Gasteiger partial charge >= 0.3 is 11.9 Å². The molecule has 1 aromatic carbocycles. The van der Waals surface area contributed by atoms with E-state index in [1.165, 1.54) is 7.11 Å². The number of methoxy groups -OCH3 is 1. The maximum atomic E-state index is 13.0. The molecule has 28 heavy (non-hydrogen) atoms. The fourth-order valence-electron chi connectivity index (χ4n) is 3.82. The molecule has 0 radical (unpaired) electrons. The van der Waals surface area contributed by atoms with Crippen molar-refractivity contribution in [1.29, 1.82) is 0 Å². The lowest BCUT2D eigenvalue weighted by Gasteiger charge is -2.31. The molecular weight excluding hydrogens is 426 g/mol. The number of ether oxygens (including phenoxy) is 3. The molecular formula is C21H24BrNO5. The molecule has 0 aliphatic carbocycles. The Balaban J connectivity index is 1.98. The molecule has 1 fully saturated rings. The van der Waals surface area contributed by atoms with E-state index in [4.69, 9.17) is 14.2 Å². The summed E-state index contributed by atoms with van der Waals surface area (Å²) in [6, 6.07) is 7.57. The highest BCUT2D eigenvalue weighted by atomic mass is 79.9. The Hall–Kier alpha value is -1.99. The molecule has 0 amide bonds. The maximum Gasteiger partial charge on any atom is 0.336 e. The number of carbonyl (C=O) groups excluding carboxylic acids is 2. The summed E-state index contributed by atoms with van der Waals surface area (Å²) in [7, 11) is 1.34. The van der Waals surface area contributed by atoms with Crippen LogP contribution in [0.15, 0.2) is 45.0 Å². The number of hydrogen-bond donors (Lipinski definition) is 0. The highest BCUT2D eigenvalue weighted by molar-refractivity contribution is 9.10. The zero-order valence-electron chi connectivity index (χ0n) is 16.2. The molecule has 0 bridgehead atoms. The molecule has 7 heteroatoms. The molecule has 0 saturated carbocycles. The minimum absolute atomic E-state index is 0.0700. The van der Waals surface area contributed by atoms with Crippen molar-refractivity contribution in [3.05, 3.63) is 45.6 Å². The van der Waals surface area contributed by atoms with Crippen molar-refractivity contribution in [1.82, 2.24) is 0 Å². The second-order valence-electron chi connectivity index (χ2n) is 7.02. The number of halogens is 1. The number of esters is 2. The fraction of sp³-hybridized carbons (Fsp3) is 0.476. The van der Waals surface area contributed by atoms with E-state index in [0.29, 0.717) is 23.6 Å². The number of allylic oxidation sites excluding steroid dienone is 1. The summed E-state index contributed by atoms with van der Waals surface area (Å²) in [5.41, 5.74) is 2.38. The molecule has 1 aromatic rings. The van der Waals surface area contributed by atoms with E-state index in [0.717, 1.165) is 22.9 Å². The lowest BCUT2D eigenvalue weighted by Crippen LogP contribution is -2.36. The van der Waals surface area contributed by atoms with E-state index in [-0.39, 0.29) is 12.7 Å². The molecule has 0 spiro atoms. The molecule has 1 saturated heterocycles. The minimum Gasteiger partial charge on any atom is -0.468 e. The average Bonchev–Trinajstić information content (AvgIpc) is 3.18. The van der Waals surface area contributed by atoms with Gasteiger partial charge in [-0.3, -0.25) is 9.79 Å². The first-order chi connectivity index (χ1) is 13.4. The van der Waals surface area contributed by atoms with Gasteiger partial charge in [0.05, 0.1) is 18.8 Å². The molecule has 3 rings (SSSR count). The predicted octanol–water partition coefficient (Wildman–Crippen LogP) is 3.79. The van der Waals surface area contributed by atoms with Crippen molar-refractivity contribution in [3.8, 4) is 0 Å². The summed E-state index contributed by atoms with van der Waals surface area (Å²) >= 11 is 3.47. The summed E-state index contributed by atoms with van der Waals surface area (Å²) < 4.78 is 17.0. The van der Waals surface area contributed by atoms with Gasteiger partial charge in [0.25, 0.3) is 0 Å². The van der Waals surface area contributed by atoms with Crippen LogP contribution in [0.5, 0.6) is 0 Å². The topological polar surface area (TPSA) is 74.2 Å². The third kappa shape index (κ3) is 4.36. The van der Waals surface area contributed by atoms with Crippen molar-refractivity contribution in [2.75, 3.05) is 20.3 Å². The van der Waals surface area contributed by atoms with E-state index in [9.17, 15) is 9.59 Å². The van der Waals surface area contributed by atoms with Crippen molar-refractivity contribution in [2.24, 2.45) is 10.9 Å². The number of carbonyl (C=O) groups is 2. The van der Waals surface area contributed by atoms with E-state index in [1.807, 2.05) is 24.3 Å². The van der Waals surface area contributed by atoms with Gasteiger partial charge in [-0.05, 0) is 44.4 Å². The number of rotatable bonds is 5. The maximum absolute atomic E-state index is 13.0. The van der Waals surface area contributed by atoms with Gasteiger partial charge in [-0.15, -0.1) is 0 Å². The minimum atomic E-state index is -0.687. The van der Waals surface area contributed by atoms with Crippen molar-refractivity contribution in [2.45, 2.75) is 38.7 Å². The van der Waals surface area contributed by atoms with Crippen LogP contribution in [0.2, 0.25) is 0 Å². The number of benzene rings is 1. The Labute approximate surface area is 173 Å². The lowest BCUT2D eigenvalue weighted by molar-refractivity contribution is -0.144. The monoisotopic (exact) mass is 449 g/mol. The molecule has 2 heterocycles. The smallest absolute Gasteiger partial charge is 0.336 e. The molecule has 3 atom stereocenters. The van der Waals surface area contributed by atoms with Crippen LogP contribution in [-0.4, -0.2) is 44.1 Å². The fourth-order valence-corrected chi connectivity index (χ4v) is 4.23. The Bertz CT molecular complexity index is 826. The van der Waals surface area contributed by atoms with Gasteiger partial charge in [0.2, 0.25) is 0 Å². The van der Waals surface area contributed by atoms with Crippen molar-refractivity contribution < 1.29 is 23.8 Å². The molecule has 2 aliphatic heterocycles. The second-order valence-corrected chi connectivity index (χ2v) is 7.93. The Kier molecular flexibility index (Phi) is 6.67. The van der Waals surface area contributed by atoms with Crippen LogP contribution < -0.4 is 0 Å². The van der Waals surface area contributed by atoms with E-state index >= 15 is 0 Å². The van der Waals surface area contributed by atoms with E-state index in [2.05, 4.69) is 20.9 Å². The molecule has 0 N–H and O–H groups in total. The van der Waals surface area contributed by atoms with Gasteiger partial charge in [-0.2, -0.15) is 0 Å². The summed E-state index contributed by atoms with van der Waals surface area (Å²) in [5.74, 6) is -2.11. The Morgan fingerprint density at radius 2 is 2.11 bits per heavy atom. The quantitative estimate of drug-likeness (QED) is 0.639. The SMILES string of the molecule is COC(=O)C1C(C)=NC(C)=C(C(=O)OC[C@@H]2CCCO2)[C@@H]1c1cccc(Br)c1. The van der Waals surface area contributed by atoms with E-state index in [1.54, 1.807) is 13.8 Å². The average molecular weight is 450 g/mol. The van der Waals surface area contributed by atoms with Crippen LogP contribution in [0.25, 0.3) is 0 Å². The summed E-state index contributed by atoms with van der Waals surface area (Å²) in [6.45, 7) is 4.44.